The molecule has 0 aromatic rings. The van der Waals surface area contributed by atoms with Crippen molar-refractivity contribution in [3.63, 3.8) is 0 Å². The van der Waals surface area contributed by atoms with Crippen LogP contribution in [0, 0.1) is 0 Å². The van der Waals surface area contributed by atoms with Crippen molar-refractivity contribution < 1.29 is 14.7 Å². The summed E-state index contributed by atoms with van der Waals surface area (Å²) in [5, 5.41) is 11.9. The van der Waals surface area contributed by atoms with Gasteiger partial charge in [0.15, 0.2) is 0 Å². The van der Waals surface area contributed by atoms with Gasteiger partial charge < -0.3 is 20.2 Å². The van der Waals surface area contributed by atoms with Crippen molar-refractivity contribution in [1.82, 2.24) is 15.1 Å². The van der Waals surface area contributed by atoms with Crippen molar-refractivity contribution in [2.45, 2.75) is 38.1 Å². The van der Waals surface area contributed by atoms with Gasteiger partial charge in [0, 0.05) is 19.6 Å². The third-order valence-electron chi connectivity index (χ3n) is 3.95. The van der Waals surface area contributed by atoms with Gasteiger partial charge in [-0.1, -0.05) is 6.42 Å². The lowest BCUT2D eigenvalue weighted by molar-refractivity contribution is -0.141. The van der Waals surface area contributed by atoms with Gasteiger partial charge in [0.05, 0.1) is 0 Å². The highest BCUT2D eigenvalue weighted by Gasteiger charge is 2.33. The second-order valence-electron chi connectivity index (χ2n) is 5.32. The van der Waals surface area contributed by atoms with Crippen molar-refractivity contribution in [2.75, 3.05) is 32.7 Å². The molecule has 6 nitrogen and oxygen atoms in total. The van der Waals surface area contributed by atoms with Crippen molar-refractivity contribution in [3.05, 3.63) is 0 Å². The highest BCUT2D eigenvalue weighted by Crippen LogP contribution is 2.17. The van der Waals surface area contributed by atoms with Crippen LogP contribution in [0.25, 0.3) is 0 Å². The molecule has 0 saturated carbocycles. The quantitative estimate of drug-likeness (QED) is 0.789. The van der Waals surface area contributed by atoms with Gasteiger partial charge >= 0.3 is 12.0 Å². The van der Waals surface area contributed by atoms with Gasteiger partial charge in [0.25, 0.3) is 0 Å². The summed E-state index contributed by atoms with van der Waals surface area (Å²) in [7, 11) is 0. The maximum absolute atomic E-state index is 11.9. The first-order chi connectivity index (χ1) is 9.18. The van der Waals surface area contributed by atoms with E-state index in [0.29, 0.717) is 19.5 Å². The summed E-state index contributed by atoms with van der Waals surface area (Å²) in [5.74, 6) is -0.899. The first-order valence-electron chi connectivity index (χ1n) is 7.18. The second kappa shape index (κ2) is 6.75. The van der Waals surface area contributed by atoms with Crippen molar-refractivity contribution in [2.24, 2.45) is 0 Å². The van der Waals surface area contributed by atoms with Crippen LogP contribution in [-0.2, 0) is 4.79 Å². The third kappa shape index (κ3) is 3.83. The number of hydrogen-bond donors (Lipinski definition) is 2. The molecule has 2 aliphatic rings. The Bertz CT molecular complexity index is 329. The third-order valence-corrected chi connectivity index (χ3v) is 3.95. The molecule has 108 valence electrons. The van der Waals surface area contributed by atoms with E-state index in [1.54, 1.807) is 0 Å². The van der Waals surface area contributed by atoms with Crippen LogP contribution in [0.1, 0.15) is 32.1 Å². The van der Waals surface area contributed by atoms with Gasteiger partial charge in [0.1, 0.15) is 6.04 Å². The van der Waals surface area contributed by atoms with E-state index >= 15 is 0 Å². The lowest BCUT2D eigenvalue weighted by atomic mass is 10.1. The number of hydrogen-bond acceptors (Lipinski definition) is 3. The Kier molecular flexibility index (Phi) is 5.01. The van der Waals surface area contributed by atoms with Crippen LogP contribution in [0.3, 0.4) is 0 Å². The standard InChI is InChI=1S/C13H23N3O3/c17-12(18)11-5-4-9-16(11)13(19)14-6-10-15-7-2-1-3-8-15/h11H,1-10H2,(H,14,19)(H,17,18)/t11-/m1/s1. The fraction of sp³-hybridized carbons (Fsp3) is 0.846. The second-order valence-corrected chi connectivity index (χ2v) is 5.32. The molecule has 2 aliphatic heterocycles. The van der Waals surface area contributed by atoms with Crippen LogP contribution < -0.4 is 5.32 Å². The Labute approximate surface area is 113 Å². The topological polar surface area (TPSA) is 72.9 Å². The number of piperidine rings is 1. The number of amides is 2. The molecule has 0 radical (unpaired) electrons. The highest BCUT2D eigenvalue weighted by atomic mass is 16.4. The molecule has 2 amide bonds. The van der Waals surface area contributed by atoms with Gasteiger partial charge in [-0.3, -0.25) is 0 Å². The van der Waals surface area contributed by atoms with E-state index in [1.807, 2.05) is 0 Å². The molecule has 0 unspecified atom stereocenters. The van der Waals surface area contributed by atoms with Crippen LogP contribution in [0.5, 0.6) is 0 Å². The van der Waals surface area contributed by atoms with E-state index in [1.165, 1.54) is 24.2 Å². The monoisotopic (exact) mass is 269 g/mol. The zero-order valence-electron chi connectivity index (χ0n) is 11.3. The van der Waals surface area contributed by atoms with Gasteiger partial charge in [0.2, 0.25) is 0 Å². The number of carboxylic acids is 1. The minimum Gasteiger partial charge on any atom is -0.480 e. The minimum absolute atomic E-state index is 0.234. The minimum atomic E-state index is -0.899. The Balaban J connectivity index is 1.70. The van der Waals surface area contributed by atoms with Gasteiger partial charge in [-0.25, -0.2) is 9.59 Å². The summed E-state index contributed by atoms with van der Waals surface area (Å²) in [4.78, 5) is 26.7. The number of nitrogens with zero attached hydrogens (tertiary/aromatic N) is 2. The number of rotatable bonds is 4. The zero-order valence-corrected chi connectivity index (χ0v) is 11.3. The van der Waals surface area contributed by atoms with Crippen molar-refractivity contribution in [3.8, 4) is 0 Å². The van der Waals surface area contributed by atoms with E-state index in [-0.39, 0.29) is 6.03 Å². The average Bonchev–Trinajstić information content (AvgIpc) is 2.89. The molecule has 0 aliphatic carbocycles. The predicted molar refractivity (Wildman–Crippen MR) is 71.1 cm³/mol. The number of urea groups is 1. The molecule has 0 aromatic heterocycles. The average molecular weight is 269 g/mol. The van der Waals surface area contributed by atoms with Crippen molar-refractivity contribution in [1.29, 1.82) is 0 Å². The highest BCUT2D eigenvalue weighted by molar-refractivity contribution is 5.83. The number of carboxylic acid groups (broad SMARTS) is 1. The number of aliphatic carboxylic acids is 1. The van der Waals surface area contributed by atoms with Crippen LogP contribution in [-0.4, -0.2) is 65.7 Å². The van der Waals surface area contributed by atoms with E-state index in [2.05, 4.69) is 10.2 Å². The van der Waals surface area contributed by atoms with E-state index in [4.69, 9.17) is 5.11 Å². The Morgan fingerprint density at radius 3 is 2.53 bits per heavy atom. The van der Waals surface area contributed by atoms with Crippen LogP contribution in [0.4, 0.5) is 4.79 Å². The Morgan fingerprint density at radius 2 is 1.84 bits per heavy atom. The molecule has 6 heteroatoms. The maximum Gasteiger partial charge on any atom is 0.326 e. The molecule has 2 N–H and O–H groups in total. The predicted octanol–water partition coefficient (Wildman–Crippen LogP) is 0.731. The molecular formula is C13H23N3O3. The molecule has 0 bridgehead atoms. The Morgan fingerprint density at radius 1 is 1.11 bits per heavy atom. The fourth-order valence-corrected chi connectivity index (χ4v) is 2.87. The first kappa shape index (κ1) is 14.1. The summed E-state index contributed by atoms with van der Waals surface area (Å²) in [6.07, 6.45) is 5.12. The van der Waals surface area contributed by atoms with Gasteiger partial charge in [-0.15, -0.1) is 0 Å². The number of carbonyl (C=O) groups excluding carboxylic acids is 1. The van der Waals surface area contributed by atoms with Crippen molar-refractivity contribution >= 4 is 12.0 Å². The zero-order chi connectivity index (χ0) is 13.7. The summed E-state index contributed by atoms with van der Waals surface area (Å²) in [5.41, 5.74) is 0. The van der Waals surface area contributed by atoms with Gasteiger partial charge in [-0.2, -0.15) is 0 Å². The van der Waals surface area contributed by atoms with Crippen LogP contribution >= 0.6 is 0 Å². The molecule has 0 spiro atoms. The van der Waals surface area contributed by atoms with E-state index in [0.717, 1.165) is 26.1 Å². The molecule has 1 atom stereocenters. The molecule has 2 rings (SSSR count). The number of carbonyl (C=O) groups is 2. The van der Waals surface area contributed by atoms with Crippen LogP contribution in [0.2, 0.25) is 0 Å². The van der Waals surface area contributed by atoms with Gasteiger partial charge in [-0.05, 0) is 38.8 Å². The lowest BCUT2D eigenvalue weighted by Crippen LogP contribution is -2.47. The smallest absolute Gasteiger partial charge is 0.326 e. The Hall–Kier alpha value is -1.30. The SMILES string of the molecule is O=C(O)[C@H]1CCCN1C(=O)NCCN1CCCCC1. The molecule has 2 fully saturated rings. The lowest BCUT2D eigenvalue weighted by Gasteiger charge is -2.27. The molecular weight excluding hydrogens is 246 g/mol. The fourth-order valence-electron chi connectivity index (χ4n) is 2.87. The normalized spacial score (nSPS) is 24.4. The number of likely N-dealkylation sites (tertiary alicyclic amines) is 2. The van der Waals surface area contributed by atoms with E-state index < -0.39 is 12.0 Å². The summed E-state index contributed by atoms with van der Waals surface area (Å²) in [6.45, 7) is 4.22. The molecule has 19 heavy (non-hydrogen) atoms. The number of nitrogens with one attached hydrogen (secondary N) is 1. The molecule has 2 saturated heterocycles. The molecule has 2 heterocycles. The summed E-state index contributed by atoms with van der Waals surface area (Å²) < 4.78 is 0. The summed E-state index contributed by atoms with van der Waals surface area (Å²) >= 11 is 0. The van der Waals surface area contributed by atoms with E-state index in [9.17, 15) is 9.59 Å². The molecule has 0 aromatic carbocycles. The first-order valence-corrected chi connectivity index (χ1v) is 7.18. The maximum atomic E-state index is 11.9. The van der Waals surface area contributed by atoms with Crippen LogP contribution in [0.15, 0.2) is 0 Å². The summed E-state index contributed by atoms with van der Waals surface area (Å²) in [6, 6.07) is -0.878. The largest absolute Gasteiger partial charge is 0.480 e.